The zero-order valence-corrected chi connectivity index (χ0v) is 78.0. The number of carbonyl (C=O) groups excluding carboxylic acids is 10. The van der Waals surface area contributed by atoms with Crippen molar-refractivity contribution in [1.82, 2.24) is 49.2 Å². The summed E-state index contributed by atoms with van der Waals surface area (Å²) in [5.41, 5.74) is -0.122. The van der Waals surface area contributed by atoms with E-state index in [9.17, 15) is 47.9 Å². The van der Waals surface area contributed by atoms with E-state index in [1.165, 1.54) is 32.4 Å². The first-order valence-corrected chi connectivity index (χ1v) is 46.1. The standard InChI is InChI=1S/C21H38N2O2.2C19H34N2O3.2C19H28N2O2/c1-21(2,3)19(24)17-11-6-7-12-18(17)20(25)22(4)13-10-16-23-14-8-5-9-15-23;2*1-19(2,3)17(22)15-7-5-6-8-16(15)18(23)20(4)9-10-21-11-13-24-14-12-21;2*1-19(2,3)17(22)15-10-5-6-11-16(15)18(23)21(4)13-14-9-7-8-12-20-14/h17-18H,5-16H2,1-4H3;2*15-16H,5-14H2,1-4H3;2*7-9,12,15-16H,5-6,10-11,13H2,1-4H3/t17-,18+;4*15-,16+/m11010/s1. The van der Waals surface area contributed by atoms with Gasteiger partial charge in [-0.3, -0.25) is 67.7 Å². The lowest BCUT2D eigenvalue weighted by Gasteiger charge is -2.36. The van der Waals surface area contributed by atoms with Crippen LogP contribution in [-0.2, 0) is 70.5 Å². The molecule has 5 aliphatic carbocycles. The third-order valence-electron chi connectivity index (χ3n) is 26.1. The molecule has 10 atom stereocenters. The zero-order chi connectivity index (χ0) is 88.0. The van der Waals surface area contributed by atoms with E-state index in [1.807, 2.05) is 190 Å². The van der Waals surface area contributed by atoms with E-state index in [0.717, 1.165) is 238 Å². The Hall–Kier alpha value is -6.20. The number of hydrogen-bond donors (Lipinski definition) is 0. The smallest absolute Gasteiger partial charge is 0.226 e. The number of pyridine rings is 2. The van der Waals surface area contributed by atoms with Gasteiger partial charge in [-0.2, -0.15) is 0 Å². The highest BCUT2D eigenvalue weighted by atomic mass is 16.5. The Bertz CT molecular complexity index is 3280. The third-order valence-corrected chi connectivity index (χ3v) is 26.1. The number of nitrogens with zero attached hydrogens (tertiary/aromatic N) is 10. The topological polar surface area (TPSA) is 241 Å². The molecule has 0 radical (unpaired) electrons. The molecule has 8 aliphatic rings. The molecule has 10 rings (SSSR count). The third kappa shape index (κ3) is 32.8. The summed E-state index contributed by atoms with van der Waals surface area (Å²) in [7, 11) is 9.31. The molecule has 119 heavy (non-hydrogen) atoms. The van der Waals surface area contributed by atoms with Crippen LogP contribution in [0.4, 0.5) is 0 Å². The SMILES string of the molecule is CN(CCCN1CCCCC1)C(=O)[C@H]1CCCC[C@H]1C(=O)C(C)(C)C.CN(CCN1CCOCC1)C(=O)[C@@H]1CCCC[C@@H]1C(=O)C(C)(C)C.CN(CCN1CCOCC1)C(=O)[C@H]1CCCC[C@H]1C(=O)C(C)(C)C.CN(Cc1ccccn1)C(=O)[C@@H]1CCCC[C@@H]1C(=O)C(C)(C)C.CN(Cc1ccccn1)C(=O)[C@H]1CCCC[C@H]1C(=O)C(C)(C)C. The monoisotopic (exact) mass is 1660 g/mol. The first kappa shape index (κ1) is 102. The maximum absolute atomic E-state index is 13.0. The van der Waals surface area contributed by atoms with Crippen molar-refractivity contribution in [3.63, 3.8) is 0 Å². The van der Waals surface area contributed by atoms with E-state index in [0.29, 0.717) is 13.1 Å². The van der Waals surface area contributed by atoms with Crippen molar-refractivity contribution < 1.29 is 57.4 Å². The fraction of sp³-hybridized carbons (Fsp3) is 0.794. The molecule has 2 aromatic rings. The van der Waals surface area contributed by atoms with E-state index in [4.69, 9.17) is 9.47 Å². The van der Waals surface area contributed by atoms with Crippen molar-refractivity contribution in [1.29, 1.82) is 0 Å². The number of ether oxygens (including phenoxy) is 2. The summed E-state index contributed by atoms with van der Waals surface area (Å²) in [6.07, 6.45) is 27.5. The van der Waals surface area contributed by atoms with Gasteiger partial charge in [-0.15, -0.1) is 0 Å². The molecule has 8 fully saturated rings. The predicted molar refractivity (Wildman–Crippen MR) is 473 cm³/mol. The fourth-order valence-electron chi connectivity index (χ4n) is 18.8. The second kappa shape index (κ2) is 48.7. The number of piperidine rings is 1. The summed E-state index contributed by atoms with van der Waals surface area (Å²) in [6.45, 7) is 44.8. The number of hydrogen-bond acceptors (Lipinski definition) is 17. The van der Waals surface area contributed by atoms with Crippen LogP contribution in [0.2, 0.25) is 0 Å². The van der Waals surface area contributed by atoms with Crippen LogP contribution < -0.4 is 0 Å². The van der Waals surface area contributed by atoms with Crippen LogP contribution in [0.1, 0.15) is 269 Å². The summed E-state index contributed by atoms with van der Waals surface area (Å²) in [6, 6.07) is 11.4. The Morgan fingerprint density at radius 2 is 0.538 bits per heavy atom. The van der Waals surface area contributed by atoms with E-state index in [2.05, 4.69) is 24.7 Å². The molecule has 22 heteroatoms. The Labute approximate surface area is 719 Å². The number of aromatic nitrogens is 2. The maximum atomic E-state index is 13.0. The average molecular weight is 1660 g/mol. The molecule has 0 unspecified atom stereocenters. The molecule has 0 spiro atoms. The molecule has 672 valence electrons. The fourth-order valence-corrected chi connectivity index (χ4v) is 18.8. The average Bonchev–Trinajstić information content (AvgIpc) is 0.832. The molecule has 5 saturated carbocycles. The number of likely N-dealkylation sites (tertiary alicyclic amines) is 1. The highest BCUT2D eigenvalue weighted by Gasteiger charge is 2.46. The summed E-state index contributed by atoms with van der Waals surface area (Å²) < 4.78 is 10.7. The van der Waals surface area contributed by atoms with E-state index < -0.39 is 0 Å². The molecule has 3 aliphatic heterocycles. The Morgan fingerprint density at radius 3 is 0.782 bits per heavy atom. The van der Waals surface area contributed by atoms with Gasteiger partial charge < -0.3 is 38.9 Å². The van der Waals surface area contributed by atoms with Crippen molar-refractivity contribution in [3.8, 4) is 0 Å². The minimum absolute atomic E-state index is 0.0780. The van der Waals surface area contributed by atoms with Crippen LogP contribution in [-0.4, -0.2) is 248 Å². The van der Waals surface area contributed by atoms with Gasteiger partial charge in [0.15, 0.2) is 0 Å². The maximum Gasteiger partial charge on any atom is 0.226 e. The Morgan fingerprint density at radius 1 is 0.303 bits per heavy atom. The number of carbonyl (C=O) groups is 10. The van der Waals surface area contributed by atoms with E-state index in [1.54, 1.807) is 22.2 Å². The lowest BCUT2D eigenvalue weighted by Crippen LogP contribution is -2.46. The highest BCUT2D eigenvalue weighted by Crippen LogP contribution is 2.42. The minimum atomic E-state index is -0.389. The Kier molecular flexibility index (Phi) is 41.6. The lowest BCUT2D eigenvalue weighted by molar-refractivity contribution is -0.145. The number of Topliss-reactive ketones (excluding diaryl/α,β-unsaturated/α-hetero) is 5. The summed E-state index contributed by atoms with van der Waals surface area (Å²) >= 11 is 0. The van der Waals surface area contributed by atoms with Gasteiger partial charge in [0.25, 0.3) is 0 Å². The van der Waals surface area contributed by atoms with Crippen LogP contribution >= 0.6 is 0 Å². The van der Waals surface area contributed by atoms with E-state index in [-0.39, 0.29) is 145 Å². The molecule has 5 amide bonds. The summed E-state index contributed by atoms with van der Waals surface area (Å²) in [4.78, 5) is 153. The van der Waals surface area contributed by atoms with E-state index >= 15 is 0 Å². The molecule has 3 saturated heterocycles. The van der Waals surface area contributed by atoms with Crippen LogP contribution in [0.3, 0.4) is 0 Å². The van der Waals surface area contributed by atoms with Gasteiger partial charge in [0.2, 0.25) is 29.5 Å². The highest BCUT2D eigenvalue weighted by molar-refractivity contribution is 5.95. The number of ketones is 5. The molecule has 22 nitrogen and oxygen atoms in total. The molecule has 2 aromatic heterocycles. The van der Waals surface area contributed by atoms with Gasteiger partial charge in [-0.1, -0.05) is 187 Å². The zero-order valence-electron chi connectivity index (χ0n) is 78.0. The molecule has 5 heterocycles. The summed E-state index contributed by atoms with van der Waals surface area (Å²) in [5, 5.41) is 0. The van der Waals surface area contributed by atoms with Gasteiger partial charge in [0.1, 0.15) is 28.9 Å². The second-order valence-corrected chi connectivity index (χ2v) is 41.0. The number of rotatable bonds is 24. The van der Waals surface area contributed by atoms with Crippen molar-refractivity contribution in [2.24, 2.45) is 86.3 Å². The minimum Gasteiger partial charge on any atom is -0.379 e. The number of morpholine rings is 2. The van der Waals surface area contributed by atoms with Crippen molar-refractivity contribution >= 4 is 58.5 Å². The van der Waals surface area contributed by atoms with Crippen LogP contribution in [0, 0.1) is 86.3 Å². The van der Waals surface area contributed by atoms with Crippen LogP contribution in [0.5, 0.6) is 0 Å². The lowest BCUT2D eigenvalue weighted by atomic mass is 9.70. The first-order valence-electron chi connectivity index (χ1n) is 46.1. The molecule has 0 N–H and O–H groups in total. The quantitative estimate of drug-likeness (QED) is 0.0948. The van der Waals surface area contributed by atoms with Gasteiger partial charge in [0, 0.05) is 193 Å². The first-order chi connectivity index (χ1) is 56.0. The van der Waals surface area contributed by atoms with Crippen LogP contribution in [0.25, 0.3) is 0 Å². The molecule has 0 bridgehead atoms. The van der Waals surface area contributed by atoms with Crippen molar-refractivity contribution in [3.05, 3.63) is 60.2 Å². The normalized spacial score (nSPS) is 24.3. The predicted octanol–water partition coefficient (Wildman–Crippen LogP) is 15.1. The molecular weight excluding hydrogens is 1500 g/mol. The largest absolute Gasteiger partial charge is 0.379 e. The molecular formula is C97H162N10O12. The Balaban J connectivity index is 0.000000231. The van der Waals surface area contributed by atoms with Crippen molar-refractivity contribution in [2.75, 3.05) is 140 Å². The van der Waals surface area contributed by atoms with Gasteiger partial charge in [-0.25, -0.2) is 0 Å². The van der Waals surface area contributed by atoms with Gasteiger partial charge >= 0.3 is 0 Å². The van der Waals surface area contributed by atoms with Gasteiger partial charge in [0.05, 0.1) is 50.9 Å². The van der Waals surface area contributed by atoms with Crippen molar-refractivity contribution in [2.45, 2.75) is 271 Å². The second-order valence-electron chi connectivity index (χ2n) is 41.0. The number of amides is 5. The van der Waals surface area contributed by atoms with Gasteiger partial charge in [-0.05, 0) is 127 Å². The van der Waals surface area contributed by atoms with Crippen LogP contribution in [0.15, 0.2) is 48.8 Å². The summed E-state index contributed by atoms with van der Waals surface area (Å²) in [5.74, 6) is 0.645. The molecule has 0 aromatic carbocycles. The number of likely N-dealkylation sites (N-methyl/N-ethyl adjacent to an activating group) is 2.